The summed E-state index contributed by atoms with van der Waals surface area (Å²) in [5.74, 6) is -0.830. The first kappa shape index (κ1) is 41.2. The summed E-state index contributed by atoms with van der Waals surface area (Å²) in [5.41, 5.74) is 4.79. The van der Waals surface area contributed by atoms with Crippen molar-refractivity contribution in [1.29, 1.82) is 0 Å². The minimum atomic E-state index is -4.81. The van der Waals surface area contributed by atoms with Gasteiger partial charge in [0.15, 0.2) is 0 Å². The molecule has 10 nitrogen and oxygen atoms in total. The Hall–Kier alpha value is -5.97. The number of fused-ring (bicyclic) bond motifs is 2. The molecule has 308 valence electrons. The maximum atomic E-state index is 13.5. The molecule has 2 atom stereocenters. The van der Waals surface area contributed by atoms with Crippen LogP contribution in [0.1, 0.15) is 104 Å². The van der Waals surface area contributed by atoms with E-state index in [0.717, 1.165) is 53.8 Å². The van der Waals surface area contributed by atoms with Gasteiger partial charge in [-0.05, 0) is 95.1 Å². The molecule has 0 radical (unpaired) electrons. The van der Waals surface area contributed by atoms with E-state index in [1.165, 1.54) is 18.9 Å². The van der Waals surface area contributed by atoms with E-state index in [9.17, 15) is 45.5 Å². The number of methoxy groups -OCH3 is 1. The first-order valence-corrected chi connectivity index (χ1v) is 19.4. The number of ether oxygens (including phenoxy) is 1. The molecule has 0 saturated heterocycles. The molecule has 17 heteroatoms. The zero-order valence-electron chi connectivity index (χ0n) is 31.3. The Morgan fingerprint density at radius 1 is 0.797 bits per heavy atom. The molecule has 6 N–H and O–H groups in total. The summed E-state index contributed by atoms with van der Waals surface area (Å²) in [7, 11) is 1.51. The van der Waals surface area contributed by atoms with Crippen LogP contribution in [0.2, 0.25) is 0 Å². The van der Waals surface area contributed by atoms with E-state index in [2.05, 4.69) is 10.6 Å². The van der Waals surface area contributed by atoms with Gasteiger partial charge in [0.25, 0.3) is 22.9 Å². The van der Waals surface area contributed by atoms with Crippen LogP contribution in [0.3, 0.4) is 0 Å². The number of anilines is 1. The number of hydrogen-bond acceptors (Lipinski definition) is 7. The Bertz CT molecular complexity index is 2530. The van der Waals surface area contributed by atoms with E-state index < -0.39 is 69.9 Å². The number of aromatic nitrogens is 2. The van der Waals surface area contributed by atoms with Gasteiger partial charge in [0, 0.05) is 15.5 Å². The maximum Gasteiger partial charge on any atom is 0.431 e. The van der Waals surface area contributed by atoms with Crippen molar-refractivity contribution in [3.8, 4) is 5.75 Å². The molecule has 3 aromatic carbocycles. The fourth-order valence-corrected chi connectivity index (χ4v) is 8.76. The second kappa shape index (κ2) is 16.4. The second-order valence-corrected chi connectivity index (χ2v) is 15.6. The molecule has 1 aliphatic heterocycles. The Kier molecular flexibility index (Phi) is 11.4. The van der Waals surface area contributed by atoms with E-state index in [-0.39, 0.29) is 0 Å². The molecule has 3 heterocycles. The van der Waals surface area contributed by atoms with Crippen molar-refractivity contribution in [3.63, 3.8) is 0 Å². The quantitative estimate of drug-likeness (QED) is 0.0699. The van der Waals surface area contributed by atoms with Gasteiger partial charge in [-0.25, -0.2) is 0 Å². The standard InChI is InChI=1S/C42H37F6N5O5S/c1-58-25-10-11-26-32(19-25)59-33-20-30(49)24(18-29(33)36(26)53-40(57)28-13-15-35(42(46,47)48)52-39(28)56)16-22-6-8-23(9-7-22)31(17-21-4-2-3-5-21)50-37(54)27-12-14-34(41(43,44)45)51-38(27)55/h6-15,18-21,31,36H,2-5,16-17,49H2,1H3,(H,50,54)(H,51,55)(H,52,56)(H,53,57). The summed E-state index contributed by atoms with van der Waals surface area (Å²) in [4.78, 5) is 56.9. The van der Waals surface area contributed by atoms with Gasteiger partial charge in [-0.3, -0.25) is 19.2 Å². The lowest BCUT2D eigenvalue weighted by atomic mass is 9.91. The number of halogens is 6. The van der Waals surface area contributed by atoms with Crippen LogP contribution in [0.25, 0.3) is 0 Å². The predicted molar refractivity (Wildman–Crippen MR) is 207 cm³/mol. The van der Waals surface area contributed by atoms with Crippen molar-refractivity contribution in [3.05, 3.63) is 150 Å². The van der Waals surface area contributed by atoms with Crippen LogP contribution in [0.4, 0.5) is 32.0 Å². The first-order chi connectivity index (χ1) is 28.0. The topological polar surface area (TPSA) is 159 Å². The lowest BCUT2D eigenvalue weighted by Crippen LogP contribution is -2.35. The Morgan fingerprint density at radius 3 is 1.97 bits per heavy atom. The first-order valence-electron chi connectivity index (χ1n) is 18.6. The van der Waals surface area contributed by atoms with Crippen molar-refractivity contribution in [2.24, 2.45) is 5.92 Å². The molecule has 2 unspecified atom stereocenters. The highest BCUT2D eigenvalue weighted by molar-refractivity contribution is 7.99. The van der Waals surface area contributed by atoms with Crippen molar-refractivity contribution < 1.29 is 40.7 Å². The molecule has 0 spiro atoms. The zero-order chi connectivity index (χ0) is 42.2. The van der Waals surface area contributed by atoms with E-state index in [1.807, 2.05) is 30.3 Å². The number of benzene rings is 3. The molecule has 7 rings (SSSR count). The largest absolute Gasteiger partial charge is 0.497 e. The molecule has 2 aromatic heterocycles. The minimum Gasteiger partial charge on any atom is -0.497 e. The van der Waals surface area contributed by atoms with Crippen molar-refractivity contribution >= 4 is 29.3 Å². The number of alkyl halides is 6. The van der Waals surface area contributed by atoms with Gasteiger partial charge < -0.3 is 31.1 Å². The SMILES string of the molecule is COc1ccc2c(c1)Sc1cc(N)c(Cc3ccc(C(CC4CCCC4)NC(=O)c4ccc(C(F)(F)F)[nH]c4=O)cc3)cc1C2NC(=O)c1ccc(C(F)(F)F)[nH]c1=O. The van der Waals surface area contributed by atoms with Crippen molar-refractivity contribution in [2.75, 3.05) is 12.8 Å². The molecular weight excluding hydrogens is 801 g/mol. The summed E-state index contributed by atoms with van der Waals surface area (Å²) in [6, 6.07) is 17.9. The summed E-state index contributed by atoms with van der Waals surface area (Å²) in [5, 5.41) is 5.71. The minimum absolute atomic E-state index is 0.302. The molecule has 0 bridgehead atoms. The number of nitrogens with two attached hydrogens (primary N) is 1. The molecule has 1 aliphatic carbocycles. The highest BCUT2D eigenvalue weighted by atomic mass is 32.2. The average Bonchev–Trinajstić information content (AvgIpc) is 3.70. The third kappa shape index (κ3) is 9.04. The zero-order valence-corrected chi connectivity index (χ0v) is 32.1. The Morgan fingerprint density at radius 2 is 1.39 bits per heavy atom. The van der Waals surface area contributed by atoms with Crippen LogP contribution >= 0.6 is 11.8 Å². The molecule has 1 fully saturated rings. The molecule has 2 aliphatic rings. The van der Waals surface area contributed by atoms with Crippen LogP contribution in [-0.2, 0) is 18.8 Å². The number of nitrogen functional groups attached to an aromatic ring is 1. The monoisotopic (exact) mass is 837 g/mol. The van der Waals surface area contributed by atoms with Crippen molar-refractivity contribution in [2.45, 2.75) is 72.8 Å². The number of pyridine rings is 2. The van der Waals surface area contributed by atoms with Gasteiger partial charge in [-0.15, -0.1) is 0 Å². The van der Waals surface area contributed by atoms with Gasteiger partial charge in [0.05, 0.1) is 19.2 Å². The highest BCUT2D eigenvalue weighted by Gasteiger charge is 2.35. The number of rotatable bonds is 10. The lowest BCUT2D eigenvalue weighted by Gasteiger charge is -2.30. The smallest absolute Gasteiger partial charge is 0.431 e. The third-order valence-corrected chi connectivity index (χ3v) is 11.8. The summed E-state index contributed by atoms with van der Waals surface area (Å²) < 4.78 is 84.5. The molecule has 2 amide bonds. The number of carbonyl (C=O) groups excluding carboxylic acids is 2. The molecule has 59 heavy (non-hydrogen) atoms. The van der Waals surface area contributed by atoms with Crippen LogP contribution in [-0.4, -0.2) is 28.9 Å². The predicted octanol–water partition coefficient (Wildman–Crippen LogP) is 8.32. The molecule has 1 saturated carbocycles. The lowest BCUT2D eigenvalue weighted by molar-refractivity contribution is -0.142. The van der Waals surface area contributed by atoms with Crippen LogP contribution < -0.4 is 32.2 Å². The maximum absolute atomic E-state index is 13.5. The number of hydrogen-bond donors (Lipinski definition) is 5. The van der Waals surface area contributed by atoms with Crippen LogP contribution in [0.5, 0.6) is 5.75 Å². The number of amides is 2. The molecular formula is C42H37F6N5O5S. The van der Waals surface area contributed by atoms with E-state index in [1.54, 1.807) is 34.2 Å². The Balaban J connectivity index is 1.15. The van der Waals surface area contributed by atoms with E-state index >= 15 is 0 Å². The van der Waals surface area contributed by atoms with Crippen LogP contribution in [0.15, 0.2) is 98.2 Å². The Labute approximate surface area is 337 Å². The summed E-state index contributed by atoms with van der Waals surface area (Å²) in [6.07, 6.45) is -4.68. The van der Waals surface area contributed by atoms with E-state index in [0.29, 0.717) is 63.9 Å². The number of aromatic amines is 2. The average molecular weight is 838 g/mol. The van der Waals surface area contributed by atoms with E-state index in [4.69, 9.17) is 10.5 Å². The normalized spacial score (nSPS) is 15.9. The summed E-state index contributed by atoms with van der Waals surface area (Å²) in [6.45, 7) is 0. The van der Waals surface area contributed by atoms with Gasteiger partial charge in [0.2, 0.25) is 0 Å². The van der Waals surface area contributed by atoms with Crippen LogP contribution in [0, 0.1) is 5.92 Å². The second-order valence-electron chi connectivity index (χ2n) is 14.6. The molecule has 5 aromatic rings. The number of H-pyrrole nitrogens is 2. The number of nitrogens with one attached hydrogen (secondary N) is 4. The fraction of sp³-hybridized carbons (Fsp3) is 0.286. The highest BCUT2D eigenvalue weighted by Crippen LogP contribution is 2.47. The van der Waals surface area contributed by atoms with Gasteiger partial charge in [-0.2, -0.15) is 26.3 Å². The van der Waals surface area contributed by atoms with Gasteiger partial charge in [0.1, 0.15) is 28.3 Å². The summed E-state index contributed by atoms with van der Waals surface area (Å²) >= 11 is 1.39. The van der Waals surface area contributed by atoms with Gasteiger partial charge in [-0.1, -0.05) is 67.8 Å². The van der Waals surface area contributed by atoms with Crippen molar-refractivity contribution in [1.82, 2.24) is 20.6 Å². The number of carbonyl (C=O) groups is 2. The fourth-order valence-electron chi connectivity index (χ4n) is 7.56. The third-order valence-electron chi connectivity index (χ3n) is 10.7. The van der Waals surface area contributed by atoms with Gasteiger partial charge >= 0.3 is 12.4 Å².